The predicted molar refractivity (Wildman–Crippen MR) is 368 cm³/mol. The highest BCUT2D eigenvalue weighted by molar-refractivity contribution is 7.47. The third kappa shape index (κ3) is 66.5. The van der Waals surface area contributed by atoms with Gasteiger partial charge >= 0.3 is 39.5 Å². The second-order valence-corrected chi connectivity index (χ2v) is 29.8. The molecule has 0 aliphatic rings. The second kappa shape index (κ2) is 64.1. The van der Waals surface area contributed by atoms with Gasteiger partial charge in [-0.1, -0.05) is 318 Å². The smallest absolute Gasteiger partial charge is 0.462 e. The van der Waals surface area contributed by atoms with E-state index in [0.717, 1.165) is 96.3 Å². The Labute approximate surface area is 556 Å². The van der Waals surface area contributed by atoms with Gasteiger partial charge in [-0.3, -0.25) is 37.3 Å². The van der Waals surface area contributed by atoms with Crippen LogP contribution in [0.5, 0.6) is 0 Å². The summed E-state index contributed by atoms with van der Waals surface area (Å²) in [5, 5.41) is 10.6. The number of carbonyl (C=O) groups is 4. The Kier molecular flexibility index (Phi) is 62.7. The van der Waals surface area contributed by atoms with E-state index in [-0.39, 0.29) is 25.7 Å². The molecule has 0 aromatic rings. The predicted octanol–water partition coefficient (Wildman–Crippen LogP) is 20.8. The van der Waals surface area contributed by atoms with Crippen molar-refractivity contribution in [3.8, 4) is 0 Å². The number of phosphoric acid groups is 2. The summed E-state index contributed by atoms with van der Waals surface area (Å²) < 4.78 is 68.3. The lowest BCUT2D eigenvalue weighted by atomic mass is 10.0. The third-order valence-electron chi connectivity index (χ3n) is 16.7. The molecular formula is C72H140O17P2. The van der Waals surface area contributed by atoms with E-state index in [2.05, 4.69) is 41.5 Å². The number of rotatable bonds is 71. The summed E-state index contributed by atoms with van der Waals surface area (Å²) in [7, 11) is -9.90. The Hall–Kier alpha value is -1.94. The van der Waals surface area contributed by atoms with Crippen LogP contribution in [0.1, 0.15) is 369 Å². The molecule has 2 unspecified atom stereocenters. The molecule has 0 bridgehead atoms. The van der Waals surface area contributed by atoms with Gasteiger partial charge in [0, 0.05) is 25.7 Å². The lowest BCUT2D eigenvalue weighted by Gasteiger charge is -2.21. The molecule has 0 spiro atoms. The molecular weight excluding hydrogens is 1200 g/mol. The molecule has 0 radical (unpaired) electrons. The van der Waals surface area contributed by atoms with Crippen molar-refractivity contribution in [1.29, 1.82) is 0 Å². The quantitative estimate of drug-likeness (QED) is 0.0222. The van der Waals surface area contributed by atoms with Crippen LogP contribution in [0, 0.1) is 11.8 Å². The number of hydrogen-bond donors (Lipinski definition) is 3. The van der Waals surface area contributed by atoms with E-state index in [9.17, 15) is 43.2 Å². The summed E-state index contributed by atoms with van der Waals surface area (Å²) in [6.45, 7) is 9.39. The second-order valence-electron chi connectivity index (χ2n) is 26.9. The van der Waals surface area contributed by atoms with E-state index in [1.165, 1.54) is 180 Å². The zero-order chi connectivity index (χ0) is 67.2. The van der Waals surface area contributed by atoms with E-state index in [1.807, 2.05) is 0 Å². The van der Waals surface area contributed by atoms with E-state index >= 15 is 0 Å². The van der Waals surface area contributed by atoms with Crippen LogP contribution >= 0.6 is 15.6 Å². The Balaban J connectivity index is 5.20. The highest BCUT2D eigenvalue weighted by Gasteiger charge is 2.30. The van der Waals surface area contributed by atoms with Gasteiger partial charge in [-0.15, -0.1) is 0 Å². The minimum absolute atomic E-state index is 0.101. The first kappa shape index (κ1) is 89.1. The molecule has 0 rings (SSSR count). The highest BCUT2D eigenvalue weighted by atomic mass is 31.2. The molecule has 0 fully saturated rings. The fourth-order valence-corrected chi connectivity index (χ4v) is 12.5. The Bertz CT molecular complexity index is 1770. The summed E-state index contributed by atoms with van der Waals surface area (Å²) in [5.74, 6) is -0.779. The Morgan fingerprint density at radius 3 is 0.747 bits per heavy atom. The first-order chi connectivity index (χ1) is 43.9. The van der Waals surface area contributed by atoms with Gasteiger partial charge in [-0.25, -0.2) is 9.13 Å². The lowest BCUT2D eigenvalue weighted by Crippen LogP contribution is -2.30. The Morgan fingerprint density at radius 2 is 0.505 bits per heavy atom. The standard InChI is InChI=1S/C72H140O17P2/c1-7-9-11-13-15-17-19-21-23-24-25-27-29-31-33-35-44-50-56-71(76)88-67(60-82-69(74)54-48-42-34-32-30-28-26-22-20-18-16-14-12-10-8-2)62-86-90(78,79)84-58-66(73)59-85-91(80,81)87-63-68(89-72(77)57-51-45-39-37-41-47-53-65(5)6)61-83-70(75)55-49-43-38-36-40-46-52-64(3)4/h64-68,73H,7-63H2,1-6H3,(H,78,79)(H,80,81)/t66-,67-,68-/m1/s1. The number of aliphatic hydroxyl groups is 1. The molecule has 19 heteroatoms. The number of hydrogen-bond acceptors (Lipinski definition) is 15. The zero-order valence-electron chi connectivity index (χ0n) is 59.1. The first-order valence-electron chi connectivity index (χ1n) is 37.5. The summed E-state index contributed by atoms with van der Waals surface area (Å²) in [5.41, 5.74) is 0. The maximum Gasteiger partial charge on any atom is 0.472 e. The van der Waals surface area contributed by atoms with Crippen LogP contribution in [0.25, 0.3) is 0 Å². The van der Waals surface area contributed by atoms with Gasteiger partial charge < -0.3 is 33.8 Å². The molecule has 91 heavy (non-hydrogen) atoms. The van der Waals surface area contributed by atoms with Crippen LogP contribution in [0.2, 0.25) is 0 Å². The van der Waals surface area contributed by atoms with E-state index in [4.69, 9.17) is 37.0 Å². The topological polar surface area (TPSA) is 237 Å². The average molecular weight is 1340 g/mol. The number of phosphoric ester groups is 2. The zero-order valence-corrected chi connectivity index (χ0v) is 60.9. The van der Waals surface area contributed by atoms with Crippen LogP contribution in [-0.4, -0.2) is 96.7 Å². The number of aliphatic hydroxyl groups excluding tert-OH is 1. The fraction of sp³-hybridized carbons (Fsp3) is 0.944. The minimum atomic E-state index is -4.95. The molecule has 0 aromatic heterocycles. The monoisotopic (exact) mass is 1340 g/mol. The molecule has 17 nitrogen and oxygen atoms in total. The number of carbonyl (C=O) groups excluding carboxylic acids is 4. The molecule has 3 N–H and O–H groups in total. The molecule has 0 saturated carbocycles. The van der Waals surface area contributed by atoms with E-state index in [0.29, 0.717) is 37.5 Å². The van der Waals surface area contributed by atoms with E-state index < -0.39 is 97.5 Å². The lowest BCUT2D eigenvalue weighted by molar-refractivity contribution is -0.161. The van der Waals surface area contributed by atoms with Crippen LogP contribution in [-0.2, 0) is 65.4 Å². The molecule has 0 saturated heterocycles. The number of esters is 4. The van der Waals surface area contributed by atoms with Crippen LogP contribution in [0.3, 0.4) is 0 Å². The van der Waals surface area contributed by atoms with Gasteiger partial charge in [0.15, 0.2) is 12.2 Å². The fourth-order valence-electron chi connectivity index (χ4n) is 10.9. The van der Waals surface area contributed by atoms with Crippen molar-refractivity contribution >= 4 is 39.5 Å². The van der Waals surface area contributed by atoms with Gasteiger partial charge in [0.1, 0.15) is 19.3 Å². The minimum Gasteiger partial charge on any atom is -0.462 e. The largest absolute Gasteiger partial charge is 0.472 e. The molecule has 0 aromatic carbocycles. The first-order valence-corrected chi connectivity index (χ1v) is 40.5. The van der Waals surface area contributed by atoms with Crippen molar-refractivity contribution in [3.63, 3.8) is 0 Å². The summed E-state index contributed by atoms with van der Waals surface area (Å²) in [6.07, 6.45) is 50.4. The molecule has 540 valence electrons. The molecule has 0 aliphatic carbocycles. The van der Waals surface area contributed by atoms with Gasteiger partial charge in [0.05, 0.1) is 26.4 Å². The maximum atomic E-state index is 13.0. The third-order valence-corrected chi connectivity index (χ3v) is 18.6. The number of ether oxygens (including phenoxy) is 4. The van der Waals surface area contributed by atoms with Crippen LogP contribution in [0.4, 0.5) is 0 Å². The van der Waals surface area contributed by atoms with Crippen molar-refractivity contribution in [3.05, 3.63) is 0 Å². The van der Waals surface area contributed by atoms with Crippen molar-refractivity contribution in [2.24, 2.45) is 11.8 Å². The normalized spacial score (nSPS) is 14.1. The highest BCUT2D eigenvalue weighted by Crippen LogP contribution is 2.45. The molecule has 0 heterocycles. The average Bonchev–Trinajstić information content (AvgIpc) is 3.67. The van der Waals surface area contributed by atoms with Gasteiger partial charge in [0.2, 0.25) is 0 Å². The summed E-state index contributed by atoms with van der Waals surface area (Å²) in [6, 6.07) is 0. The van der Waals surface area contributed by atoms with Gasteiger partial charge in [-0.05, 0) is 37.5 Å². The Morgan fingerprint density at radius 1 is 0.297 bits per heavy atom. The number of unbranched alkanes of at least 4 members (excludes halogenated alkanes) is 41. The summed E-state index contributed by atoms with van der Waals surface area (Å²) >= 11 is 0. The molecule has 0 aliphatic heterocycles. The van der Waals surface area contributed by atoms with Gasteiger partial charge in [-0.2, -0.15) is 0 Å². The summed E-state index contributed by atoms with van der Waals surface area (Å²) in [4.78, 5) is 72.5. The van der Waals surface area contributed by atoms with E-state index in [1.54, 1.807) is 0 Å². The van der Waals surface area contributed by atoms with Gasteiger partial charge in [0.25, 0.3) is 0 Å². The maximum absolute atomic E-state index is 13.0. The van der Waals surface area contributed by atoms with Crippen molar-refractivity contribution < 1.29 is 80.2 Å². The van der Waals surface area contributed by atoms with Crippen LogP contribution < -0.4 is 0 Å². The van der Waals surface area contributed by atoms with Crippen molar-refractivity contribution in [2.45, 2.75) is 387 Å². The SMILES string of the molecule is CCCCCCCCCCCCCCCCCCCCC(=O)O[C@H](COC(=O)CCCCCCCCCCCCCCCCC)COP(=O)(O)OC[C@@H](O)COP(=O)(O)OC[C@@H](COC(=O)CCCCCCCCC(C)C)OC(=O)CCCCCCCCC(C)C. The molecule has 0 amide bonds. The van der Waals surface area contributed by atoms with Crippen molar-refractivity contribution in [1.82, 2.24) is 0 Å². The molecule has 5 atom stereocenters. The van der Waals surface area contributed by atoms with Crippen LogP contribution in [0.15, 0.2) is 0 Å². The van der Waals surface area contributed by atoms with Crippen molar-refractivity contribution in [2.75, 3.05) is 39.6 Å².